The molecule has 1 heterocycles. The average molecular weight is 380 g/mol. The van der Waals surface area contributed by atoms with Gasteiger partial charge in [-0.15, -0.1) is 0 Å². The van der Waals surface area contributed by atoms with Crippen LogP contribution < -0.4 is 20.5 Å². The van der Waals surface area contributed by atoms with E-state index in [2.05, 4.69) is 26.2 Å². The molecule has 0 radical (unpaired) electrons. The number of carbonyl (C=O) groups is 1. The molecule has 0 atom stereocenters. The number of nitrogens with one attached hydrogen (secondary N) is 1. The molecule has 1 aromatic carbocycles. The number of ether oxygens (including phenoxy) is 2. The van der Waals surface area contributed by atoms with E-state index in [-0.39, 0.29) is 6.61 Å². The number of nitrogens with zero attached hydrogens (tertiary/aromatic N) is 1. The van der Waals surface area contributed by atoms with E-state index in [1.165, 1.54) is 0 Å². The average Bonchev–Trinajstić information content (AvgIpc) is 2.54. The van der Waals surface area contributed by atoms with Crippen LogP contribution in [0, 0.1) is 0 Å². The van der Waals surface area contributed by atoms with Crippen molar-refractivity contribution >= 4 is 21.8 Å². The van der Waals surface area contributed by atoms with Crippen LogP contribution in [0.5, 0.6) is 11.5 Å². The number of methoxy groups -OCH3 is 1. The van der Waals surface area contributed by atoms with Gasteiger partial charge < -0.3 is 20.5 Å². The Morgan fingerprint density at radius 1 is 1.35 bits per heavy atom. The minimum atomic E-state index is -0.542. The van der Waals surface area contributed by atoms with Crippen molar-refractivity contribution in [1.82, 2.24) is 10.3 Å². The zero-order valence-electron chi connectivity index (χ0n) is 12.7. The Labute approximate surface area is 143 Å². The molecular weight excluding hydrogens is 362 g/mol. The Hall–Kier alpha value is -2.12. The van der Waals surface area contributed by atoms with Crippen molar-refractivity contribution in [2.45, 2.75) is 13.1 Å². The predicted octanol–water partition coefficient (Wildman–Crippen LogP) is 2.01. The Morgan fingerprint density at radius 3 is 2.83 bits per heavy atom. The molecule has 0 aliphatic rings. The van der Waals surface area contributed by atoms with Crippen LogP contribution in [0.1, 0.15) is 11.3 Å². The van der Waals surface area contributed by atoms with E-state index in [1.807, 2.05) is 30.3 Å². The Kier molecular flexibility index (Phi) is 6.37. The van der Waals surface area contributed by atoms with E-state index in [9.17, 15) is 4.79 Å². The summed E-state index contributed by atoms with van der Waals surface area (Å²) in [6.07, 6.45) is 1.77. The van der Waals surface area contributed by atoms with Crippen LogP contribution in [0.4, 0.5) is 0 Å². The number of rotatable bonds is 8. The van der Waals surface area contributed by atoms with E-state index >= 15 is 0 Å². The smallest absolute Gasteiger partial charge is 0.255 e. The summed E-state index contributed by atoms with van der Waals surface area (Å²) >= 11 is 3.43. The molecule has 2 aromatic rings. The number of benzene rings is 1. The van der Waals surface area contributed by atoms with Crippen LogP contribution in [0.2, 0.25) is 0 Å². The zero-order chi connectivity index (χ0) is 16.7. The van der Waals surface area contributed by atoms with Crippen molar-refractivity contribution in [2.24, 2.45) is 5.73 Å². The van der Waals surface area contributed by atoms with Gasteiger partial charge in [0.15, 0.2) is 18.1 Å². The molecule has 7 heteroatoms. The zero-order valence-corrected chi connectivity index (χ0v) is 14.3. The van der Waals surface area contributed by atoms with Crippen molar-refractivity contribution in [3.05, 3.63) is 52.3 Å². The second kappa shape index (κ2) is 8.50. The molecule has 1 amide bonds. The molecule has 0 aliphatic heterocycles. The molecule has 0 aliphatic carbocycles. The molecule has 0 fully saturated rings. The lowest BCUT2D eigenvalue weighted by atomic mass is 10.2. The van der Waals surface area contributed by atoms with Gasteiger partial charge in [-0.3, -0.25) is 9.78 Å². The number of primary amides is 1. The maximum Gasteiger partial charge on any atom is 0.255 e. The van der Waals surface area contributed by atoms with Crippen molar-refractivity contribution in [1.29, 1.82) is 0 Å². The summed E-state index contributed by atoms with van der Waals surface area (Å²) in [6.45, 7) is 1.11. The molecule has 23 heavy (non-hydrogen) atoms. The lowest BCUT2D eigenvalue weighted by Crippen LogP contribution is -2.20. The van der Waals surface area contributed by atoms with E-state index in [0.717, 1.165) is 11.3 Å². The van der Waals surface area contributed by atoms with Gasteiger partial charge >= 0.3 is 0 Å². The highest BCUT2D eigenvalue weighted by molar-refractivity contribution is 9.10. The summed E-state index contributed by atoms with van der Waals surface area (Å²) < 4.78 is 11.4. The minimum Gasteiger partial charge on any atom is -0.493 e. The number of aromatic nitrogens is 1. The number of amides is 1. The maximum absolute atomic E-state index is 10.9. The first kappa shape index (κ1) is 17.2. The van der Waals surface area contributed by atoms with Gasteiger partial charge in [0, 0.05) is 19.3 Å². The number of nitrogens with two attached hydrogens (primary N) is 1. The Morgan fingerprint density at radius 2 is 2.17 bits per heavy atom. The summed E-state index contributed by atoms with van der Waals surface area (Å²) in [7, 11) is 1.55. The largest absolute Gasteiger partial charge is 0.493 e. The summed E-state index contributed by atoms with van der Waals surface area (Å²) in [5.41, 5.74) is 7.08. The number of halogens is 1. The molecule has 2 rings (SSSR count). The van der Waals surface area contributed by atoms with E-state index < -0.39 is 5.91 Å². The van der Waals surface area contributed by atoms with Gasteiger partial charge in [0.05, 0.1) is 17.3 Å². The lowest BCUT2D eigenvalue weighted by Gasteiger charge is -2.14. The monoisotopic (exact) mass is 379 g/mol. The Balaban J connectivity index is 2.02. The van der Waals surface area contributed by atoms with Crippen LogP contribution in [0.25, 0.3) is 0 Å². The van der Waals surface area contributed by atoms with E-state index in [4.69, 9.17) is 15.2 Å². The van der Waals surface area contributed by atoms with Gasteiger partial charge in [0.1, 0.15) is 0 Å². The summed E-state index contributed by atoms with van der Waals surface area (Å²) in [6, 6.07) is 9.56. The molecule has 0 unspecified atom stereocenters. The molecule has 0 saturated heterocycles. The normalized spacial score (nSPS) is 10.3. The fourth-order valence-corrected chi connectivity index (χ4v) is 2.60. The van der Waals surface area contributed by atoms with Crippen LogP contribution in [-0.4, -0.2) is 24.6 Å². The third-order valence-electron chi connectivity index (χ3n) is 3.01. The van der Waals surface area contributed by atoms with Crippen LogP contribution in [-0.2, 0) is 17.9 Å². The van der Waals surface area contributed by atoms with Gasteiger partial charge in [0.2, 0.25) is 0 Å². The summed E-state index contributed by atoms with van der Waals surface area (Å²) in [5.74, 6) is 0.454. The summed E-state index contributed by atoms with van der Waals surface area (Å²) in [5, 5.41) is 3.31. The van der Waals surface area contributed by atoms with Crippen molar-refractivity contribution in [2.75, 3.05) is 13.7 Å². The van der Waals surface area contributed by atoms with Gasteiger partial charge in [-0.1, -0.05) is 6.07 Å². The molecule has 0 saturated carbocycles. The van der Waals surface area contributed by atoms with Crippen LogP contribution >= 0.6 is 15.9 Å². The number of hydrogen-bond acceptors (Lipinski definition) is 5. The first-order chi connectivity index (χ1) is 11.1. The molecule has 6 nitrogen and oxygen atoms in total. The van der Waals surface area contributed by atoms with Gasteiger partial charge in [0.25, 0.3) is 5.91 Å². The molecule has 3 N–H and O–H groups in total. The molecule has 122 valence electrons. The number of carbonyl (C=O) groups excluding carboxylic acids is 1. The number of hydrogen-bond donors (Lipinski definition) is 2. The first-order valence-electron chi connectivity index (χ1n) is 6.98. The first-order valence-corrected chi connectivity index (χ1v) is 7.77. The molecule has 0 bridgehead atoms. The second-order valence-corrected chi connectivity index (χ2v) is 5.64. The topological polar surface area (TPSA) is 86.5 Å². The van der Waals surface area contributed by atoms with E-state index in [1.54, 1.807) is 13.3 Å². The van der Waals surface area contributed by atoms with E-state index in [0.29, 0.717) is 29.1 Å². The second-order valence-electron chi connectivity index (χ2n) is 4.79. The highest BCUT2D eigenvalue weighted by atomic mass is 79.9. The number of pyridine rings is 1. The highest BCUT2D eigenvalue weighted by Gasteiger charge is 2.12. The third-order valence-corrected chi connectivity index (χ3v) is 3.60. The predicted molar refractivity (Wildman–Crippen MR) is 90.2 cm³/mol. The Bertz CT molecular complexity index is 665. The third kappa shape index (κ3) is 5.22. The fraction of sp³-hybridized carbons (Fsp3) is 0.250. The van der Waals surface area contributed by atoms with Gasteiger partial charge in [-0.2, -0.15) is 0 Å². The highest BCUT2D eigenvalue weighted by Crippen LogP contribution is 2.36. The van der Waals surface area contributed by atoms with Gasteiger partial charge in [-0.25, -0.2) is 0 Å². The molecule has 1 aromatic heterocycles. The quantitative estimate of drug-likeness (QED) is 0.732. The van der Waals surface area contributed by atoms with Crippen molar-refractivity contribution < 1.29 is 14.3 Å². The van der Waals surface area contributed by atoms with Crippen molar-refractivity contribution in [3.63, 3.8) is 0 Å². The summed E-state index contributed by atoms with van der Waals surface area (Å²) in [4.78, 5) is 15.1. The maximum atomic E-state index is 10.9. The standard InChI is InChI=1S/C16H18BrN3O3/c1-22-14-7-11(6-13(17)16(14)23-10-15(18)21)8-19-9-12-4-2-3-5-20-12/h2-7,19H,8-10H2,1H3,(H2,18,21). The van der Waals surface area contributed by atoms with Crippen LogP contribution in [0.15, 0.2) is 41.0 Å². The lowest BCUT2D eigenvalue weighted by molar-refractivity contribution is -0.119. The van der Waals surface area contributed by atoms with Crippen molar-refractivity contribution in [3.8, 4) is 11.5 Å². The minimum absolute atomic E-state index is 0.202. The van der Waals surface area contributed by atoms with Gasteiger partial charge in [-0.05, 0) is 45.8 Å². The fourth-order valence-electron chi connectivity index (χ4n) is 2.00. The SMILES string of the molecule is COc1cc(CNCc2ccccn2)cc(Br)c1OCC(N)=O. The molecule has 0 spiro atoms. The molecular formula is C16H18BrN3O3. The van der Waals surface area contributed by atoms with Crippen LogP contribution in [0.3, 0.4) is 0 Å².